The van der Waals surface area contributed by atoms with Crippen LogP contribution in [0.15, 0.2) is 18.2 Å². The minimum absolute atomic E-state index is 0.197. The molecule has 1 saturated carbocycles. The van der Waals surface area contributed by atoms with Crippen LogP contribution in [0, 0.1) is 11.3 Å². The number of nitrogens with one attached hydrogen (secondary N) is 1. The number of nitriles is 1. The number of anilines is 1. The van der Waals surface area contributed by atoms with Crippen LogP contribution >= 0.6 is 0 Å². The molecule has 4 nitrogen and oxygen atoms in total. The van der Waals surface area contributed by atoms with Gasteiger partial charge in [0.15, 0.2) is 0 Å². The molecule has 0 radical (unpaired) electrons. The molecule has 1 fully saturated rings. The molecular weight excluding hydrogens is 250 g/mol. The molecule has 0 amide bonds. The van der Waals surface area contributed by atoms with E-state index in [1.54, 1.807) is 0 Å². The molecule has 0 saturated heterocycles. The first kappa shape index (κ1) is 14.8. The van der Waals surface area contributed by atoms with Gasteiger partial charge in [-0.15, -0.1) is 0 Å². The molecule has 2 rings (SSSR count). The van der Waals surface area contributed by atoms with Crippen molar-refractivity contribution in [1.29, 1.82) is 5.26 Å². The van der Waals surface area contributed by atoms with Crippen LogP contribution < -0.4 is 10.2 Å². The molecule has 0 spiro atoms. The van der Waals surface area contributed by atoms with Crippen molar-refractivity contribution in [2.24, 2.45) is 0 Å². The average Bonchev–Trinajstić information content (AvgIpc) is 2.41. The second-order valence-electron chi connectivity index (χ2n) is 5.35. The third-order valence-electron chi connectivity index (χ3n) is 3.94. The molecule has 1 aliphatic rings. The molecule has 1 aromatic rings. The first-order chi connectivity index (χ1) is 9.80. The lowest BCUT2D eigenvalue weighted by molar-refractivity contribution is 0.283. The van der Waals surface area contributed by atoms with Crippen molar-refractivity contribution in [3.8, 4) is 6.07 Å². The van der Waals surface area contributed by atoms with Crippen molar-refractivity contribution in [3.63, 3.8) is 0 Å². The minimum Gasteiger partial charge on any atom is -0.396 e. The maximum absolute atomic E-state index is 9.41. The fourth-order valence-corrected chi connectivity index (χ4v) is 2.68. The fraction of sp³-hybridized carbons (Fsp3) is 0.562. The Bertz CT molecular complexity index is 477. The van der Waals surface area contributed by atoms with E-state index >= 15 is 0 Å². The number of hydrogen-bond donors (Lipinski definition) is 2. The van der Waals surface area contributed by atoms with Crippen molar-refractivity contribution in [2.75, 3.05) is 25.1 Å². The number of rotatable bonds is 7. The number of hydrogen-bond acceptors (Lipinski definition) is 4. The Balaban J connectivity index is 2.24. The number of benzene rings is 1. The van der Waals surface area contributed by atoms with Crippen LogP contribution in [0.2, 0.25) is 0 Å². The summed E-state index contributed by atoms with van der Waals surface area (Å²) in [5.74, 6) is 0. The zero-order chi connectivity index (χ0) is 14.4. The molecule has 2 N–H and O–H groups in total. The second-order valence-corrected chi connectivity index (χ2v) is 5.35. The minimum atomic E-state index is 0.197. The van der Waals surface area contributed by atoms with Crippen molar-refractivity contribution < 1.29 is 5.11 Å². The van der Waals surface area contributed by atoms with E-state index in [4.69, 9.17) is 5.11 Å². The molecular formula is C16H23N3O. The highest BCUT2D eigenvalue weighted by Crippen LogP contribution is 2.32. The SMILES string of the molecule is CNCc1ccc(N(CCCO)C2CCC2)c(C#N)c1. The van der Waals surface area contributed by atoms with Gasteiger partial charge in [-0.25, -0.2) is 0 Å². The molecule has 20 heavy (non-hydrogen) atoms. The zero-order valence-electron chi connectivity index (χ0n) is 12.1. The van der Waals surface area contributed by atoms with E-state index in [1.807, 2.05) is 13.1 Å². The van der Waals surface area contributed by atoms with Gasteiger partial charge in [0.1, 0.15) is 6.07 Å². The first-order valence-electron chi connectivity index (χ1n) is 7.35. The van der Waals surface area contributed by atoms with Crippen molar-refractivity contribution >= 4 is 5.69 Å². The molecule has 1 aliphatic carbocycles. The number of aliphatic hydroxyl groups excluding tert-OH is 1. The van der Waals surface area contributed by atoms with E-state index in [1.165, 1.54) is 19.3 Å². The lowest BCUT2D eigenvalue weighted by atomic mass is 9.90. The first-order valence-corrected chi connectivity index (χ1v) is 7.35. The van der Waals surface area contributed by atoms with Crippen molar-refractivity contribution in [1.82, 2.24) is 5.32 Å². The maximum atomic E-state index is 9.41. The Morgan fingerprint density at radius 1 is 1.45 bits per heavy atom. The van der Waals surface area contributed by atoms with E-state index in [-0.39, 0.29) is 6.61 Å². The summed E-state index contributed by atoms with van der Waals surface area (Å²) in [5.41, 5.74) is 2.89. The van der Waals surface area contributed by atoms with E-state index < -0.39 is 0 Å². The van der Waals surface area contributed by atoms with Crippen LogP contribution in [-0.4, -0.2) is 31.3 Å². The zero-order valence-corrected chi connectivity index (χ0v) is 12.1. The van der Waals surface area contributed by atoms with Gasteiger partial charge in [0.25, 0.3) is 0 Å². The average molecular weight is 273 g/mol. The Kier molecular flexibility index (Phi) is 5.40. The summed E-state index contributed by atoms with van der Waals surface area (Å²) < 4.78 is 0. The standard InChI is InChI=1S/C16H23N3O/c1-18-12-13-6-7-16(14(10-13)11-17)19(8-3-9-20)15-4-2-5-15/h6-7,10,15,18,20H,2-5,8-9,12H2,1H3. The Labute approximate surface area is 121 Å². The number of aliphatic hydroxyl groups is 1. The summed E-state index contributed by atoms with van der Waals surface area (Å²) in [6.07, 6.45) is 4.39. The van der Waals surface area contributed by atoms with Crippen LogP contribution in [0.5, 0.6) is 0 Å². The fourth-order valence-electron chi connectivity index (χ4n) is 2.68. The Morgan fingerprint density at radius 2 is 2.25 bits per heavy atom. The summed E-state index contributed by atoms with van der Waals surface area (Å²) in [5, 5.41) is 21.6. The molecule has 0 bridgehead atoms. The van der Waals surface area contributed by atoms with Gasteiger partial charge in [-0.3, -0.25) is 0 Å². The van der Waals surface area contributed by atoms with E-state index in [2.05, 4.69) is 28.4 Å². The summed E-state index contributed by atoms with van der Waals surface area (Å²) >= 11 is 0. The highest BCUT2D eigenvalue weighted by molar-refractivity contribution is 5.61. The van der Waals surface area contributed by atoms with Crippen LogP contribution in [0.1, 0.15) is 36.8 Å². The summed E-state index contributed by atoms with van der Waals surface area (Å²) in [6.45, 7) is 1.79. The monoisotopic (exact) mass is 273 g/mol. The molecule has 0 unspecified atom stereocenters. The molecule has 108 valence electrons. The van der Waals surface area contributed by atoms with Crippen LogP contribution in [-0.2, 0) is 6.54 Å². The van der Waals surface area contributed by atoms with E-state index in [0.29, 0.717) is 6.04 Å². The summed E-state index contributed by atoms with van der Waals surface area (Å²) in [6, 6.07) is 8.96. The quantitative estimate of drug-likeness (QED) is 0.798. The van der Waals surface area contributed by atoms with Gasteiger partial charge in [-0.2, -0.15) is 5.26 Å². The Hall–Kier alpha value is -1.57. The topological polar surface area (TPSA) is 59.3 Å². The largest absolute Gasteiger partial charge is 0.396 e. The second kappa shape index (κ2) is 7.28. The lowest BCUT2D eigenvalue weighted by Crippen LogP contribution is -2.41. The smallest absolute Gasteiger partial charge is 0.101 e. The highest BCUT2D eigenvalue weighted by Gasteiger charge is 2.26. The van der Waals surface area contributed by atoms with Crippen LogP contribution in [0.25, 0.3) is 0 Å². The molecule has 0 aromatic heterocycles. The summed E-state index contributed by atoms with van der Waals surface area (Å²) in [7, 11) is 1.90. The predicted molar refractivity (Wildman–Crippen MR) is 80.6 cm³/mol. The highest BCUT2D eigenvalue weighted by atomic mass is 16.3. The van der Waals surface area contributed by atoms with Gasteiger partial charge in [0, 0.05) is 25.7 Å². The van der Waals surface area contributed by atoms with Crippen LogP contribution in [0.3, 0.4) is 0 Å². The van der Waals surface area contributed by atoms with Crippen LogP contribution in [0.4, 0.5) is 5.69 Å². The molecule has 1 aromatic carbocycles. The van der Waals surface area contributed by atoms with E-state index in [0.717, 1.165) is 36.3 Å². The van der Waals surface area contributed by atoms with Gasteiger partial charge in [0.05, 0.1) is 11.3 Å². The molecule has 0 aliphatic heterocycles. The molecule has 0 heterocycles. The lowest BCUT2D eigenvalue weighted by Gasteiger charge is -2.39. The maximum Gasteiger partial charge on any atom is 0.101 e. The van der Waals surface area contributed by atoms with Crippen molar-refractivity contribution in [3.05, 3.63) is 29.3 Å². The van der Waals surface area contributed by atoms with Crippen molar-refractivity contribution in [2.45, 2.75) is 38.3 Å². The third-order valence-corrected chi connectivity index (χ3v) is 3.94. The van der Waals surface area contributed by atoms with Gasteiger partial charge in [-0.05, 0) is 50.4 Å². The molecule has 0 atom stereocenters. The Morgan fingerprint density at radius 3 is 2.80 bits per heavy atom. The van der Waals surface area contributed by atoms with E-state index in [9.17, 15) is 5.26 Å². The predicted octanol–water partition coefficient (Wildman–Crippen LogP) is 2.02. The number of nitrogens with zero attached hydrogens (tertiary/aromatic N) is 2. The van der Waals surface area contributed by atoms with Gasteiger partial charge in [-0.1, -0.05) is 6.07 Å². The normalized spacial score (nSPS) is 14.7. The van der Waals surface area contributed by atoms with Gasteiger partial charge < -0.3 is 15.3 Å². The van der Waals surface area contributed by atoms with Gasteiger partial charge >= 0.3 is 0 Å². The third kappa shape index (κ3) is 3.30. The van der Waals surface area contributed by atoms with Gasteiger partial charge in [0.2, 0.25) is 0 Å². The summed E-state index contributed by atoms with van der Waals surface area (Å²) in [4.78, 5) is 2.31. The molecule has 4 heteroatoms.